The lowest BCUT2D eigenvalue weighted by molar-refractivity contribution is 0.131. The maximum atomic E-state index is 12.2. The summed E-state index contributed by atoms with van der Waals surface area (Å²) >= 11 is 0. The number of amides is 2. The predicted molar refractivity (Wildman–Crippen MR) is 73.5 cm³/mol. The topological polar surface area (TPSA) is 52.6 Å². The maximum absolute atomic E-state index is 12.2. The summed E-state index contributed by atoms with van der Waals surface area (Å²) in [7, 11) is 0. The van der Waals surface area contributed by atoms with Crippen LogP contribution >= 0.6 is 0 Å². The van der Waals surface area contributed by atoms with Crippen molar-refractivity contribution < 1.29 is 9.90 Å². The fourth-order valence-electron chi connectivity index (χ4n) is 2.63. The largest absolute Gasteiger partial charge is 0.396 e. The number of piperidine rings is 1. The second-order valence-electron chi connectivity index (χ2n) is 5.22. The lowest BCUT2D eigenvalue weighted by atomic mass is 10.00. The van der Waals surface area contributed by atoms with Crippen LogP contribution in [0.4, 0.5) is 4.79 Å². The first-order valence-electron chi connectivity index (χ1n) is 7.38. The lowest BCUT2D eigenvalue weighted by Gasteiger charge is -2.35. The number of urea groups is 1. The second-order valence-corrected chi connectivity index (χ2v) is 5.22. The minimum Gasteiger partial charge on any atom is -0.396 e. The van der Waals surface area contributed by atoms with Gasteiger partial charge in [-0.05, 0) is 31.6 Å². The first-order chi connectivity index (χ1) is 8.72. The van der Waals surface area contributed by atoms with E-state index in [4.69, 9.17) is 5.11 Å². The molecule has 0 aromatic heterocycles. The molecule has 1 unspecified atom stereocenters. The fourth-order valence-corrected chi connectivity index (χ4v) is 2.63. The van der Waals surface area contributed by atoms with Gasteiger partial charge in [-0.15, -0.1) is 0 Å². The second kappa shape index (κ2) is 8.35. The standard InChI is InChI=1S/C14H28N2O2/c1-3-12(4-2)11-15-14(18)16-9-6-5-7-13(16)8-10-17/h12-13,17H,3-11H2,1-2H3,(H,15,18). The van der Waals surface area contributed by atoms with E-state index in [2.05, 4.69) is 19.2 Å². The van der Waals surface area contributed by atoms with Crippen molar-refractivity contribution in [3.05, 3.63) is 0 Å². The van der Waals surface area contributed by atoms with E-state index in [1.54, 1.807) is 0 Å². The molecule has 0 aromatic carbocycles. The monoisotopic (exact) mass is 256 g/mol. The van der Waals surface area contributed by atoms with Crippen LogP contribution < -0.4 is 5.32 Å². The molecule has 1 aliphatic heterocycles. The Bertz CT molecular complexity index is 240. The van der Waals surface area contributed by atoms with Gasteiger partial charge in [0.05, 0.1) is 0 Å². The Morgan fingerprint density at radius 1 is 1.39 bits per heavy atom. The van der Waals surface area contributed by atoms with Crippen molar-refractivity contribution in [1.82, 2.24) is 10.2 Å². The summed E-state index contributed by atoms with van der Waals surface area (Å²) in [6.07, 6.45) is 6.20. The van der Waals surface area contributed by atoms with Crippen molar-refractivity contribution in [2.75, 3.05) is 19.7 Å². The van der Waals surface area contributed by atoms with Crippen molar-refractivity contribution in [1.29, 1.82) is 0 Å². The van der Waals surface area contributed by atoms with E-state index >= 15 is 0 Å². The SMILES string of the molecule is CCC(CC)CNC(=O)N1CCCCC1CCO. The van der Waals surface area contributed by atoms with Gasteiger partial charge in [-0.1, -0.05) is 26.7 Å². The van der Waals surface area contributed by atoms with Gasteiger partial charge in [0.2, 0.25) is 0 Å². The van der Waals surface area contributed by atoms with Crippen LogP contribution in [-0.4, -0.2) is 41.8 Å². The molecular weight excluding hydrogens is 228 g/mol. The summed E-state index contributed by atoms with van der Waals surface area (Å²) in [4.78, 5) is 14.1. The van der Waals surface area contributed by atoms with Crippen LogP contribution in [0.2, 0.25) is 0 Å². The molecule has 1 heterocycles. The molecule has 0 bridgehead atoms. The number of rotatable bonds is 6. The Morgan fingerprint density at radius 3 is 2.72 bits per heavy atom. The van der Waals surface area contributed by atoms with Crippen molar-refractivity contribution in [2.45, 2.75) is 58.4 Å². The Labute approximate surface area is 111 Å². The van der Waals surface area contributed by atoms with Crippen LogP contribution in [0.5, 0.6) is 0 Å². The van der Waals surface area contributed by atoms with E-state index in [0.717, 1.165) is 38.8 Å². The molecule has 106 valence electrons. The highest BCUT2D eigenvalue weighted by Gasteiger charge is 2.26. The van der Waals surface area contributed by atoms with Crippen LogP contribution in [-0.2, 0) is 0 Å². The molecule has 0 radical (unpaired) electrons. The number of carbonyl (C=O) groups is 1. The predicted octanol–water partition coefficient (Wildman–Crippen LogP) is 2.37. The van der Waals surface area contributed by atoms with Gasteiger partial charge in [0.1, 0.15) is 0 Å². The van der Waals surface area contributed by atoms with Crippen molar-refractivity contribution >= 4 is 6.03 Å². The summed E-state index contributed by atoms with van der Waals surface area (Å²) in [5.74, 6) is 0.579. The number of hydrogen-bond donors (Lipinski definition) is 2. The molecule has 2 amide bonds. The van der Waals surface area contributed by atoms with Crippen molar-refractivity contribution in [3.63, 3.8) is 0 Å². The van der Waals surface area contributed by atoms with Gasteiger partial charge in [0.15, 0.2) is 0 Å². The maximum Gasteiger partial charge on any atom is 0.317 e. The highest BCUT2D eigenvalue weighted by molar-refractivity contribution is 5.74. The van der Waals surface area contributed by atoms with Crippen LogP contribution in [0, 0.1) is 5.92 Å². The number of nitrogens with one attached hydrogen (secondary N) is 1. The lowest BCUT2D eigenvalue weighted by Crippen LogP contribution is -2.49. The van der Waals surface area contributed by atoms with Gasteiger partial charge in [0.25, 0.3) is 0 Å². The van der Waals surface area contributed by atoms with E-state index in [9.17, 15) is 4.79 Å². The number of aliphatic hydroxyl groups is 1. The number of aliphatic hydroxyl groups excluding tert-OH is 1. The zero-order chi connectivity index (χ0) is 13.4. The van der Waals surface area contributed by atoms with E-state index < -0.39 is 0 Å². The summed E-state index contributed by atoms with van der Waals surface area (Å²) in [6, 6.07) is 0.283. The molecule has 0 aromatic rings. The molecule has 1 rings (SSSR count). The van der Waals surface area contributed by atoms with E-state index in [1.165, 1.54) is 6.42 Å². The number of hydrogen-bond acceptors (Lipinski definition) is 2. The molecule has 4 nitrogen and oxygen atoms in total. The van der Waals surface area contributed by atoms with Crippen molar-refractivity contribution in [2.24, 2.45) is 5.92 Å². The van der Waals surface area contributed by atoms with E-state index in [1.807, 2.05) is 4.90 Å². The zero-order valence-electron chi connectivity index (χ0n) is 11.8. The first-order valence-corrected chi connectivity index (χ1v) is 7.38. The Hall–Kier alpha value is -0.770. The van der Waals surface area contributed by atoms with Crippen LogP contribution in [0.15, 0.2) is 0 Å². The average Bonchev–Trinajstić information content (AvgIpc) is 2.40. The van der Waals surface area contributed by atoms with Crippen LogP contribution in [0.3, 0.4) is 0 Å². The zero-order valence-corrected chi connectivity index (χ0v) is 11.8. The number of carbonyl (C=O) groups excluding carboxylic acids is 1. The minimum absolute atomic E-state index is 0.0556. The van der Waals surface area contributed by atoms with E-state index in [-0.39, 0.29) is 18.7 Å². The molecular formula is C14H28N2O2. The molecule has 1 fully saturated rings. The fraction of sp³-hybridized carbons (Fsp3) is 0.929. The molecule has 0 aliphatic carbocycles. The Kier molecular flexibility index (Phi) is 7.09. The molecule has 0 saturated carbocycles. The molecule has 1 aliphatic rings. The summed E-state index contributed by atoms with van der Waals surface area (Å²) in [5, 5.41) is 12.1. The normalized spacial score (nSPS) is 20.2. The van der Waals surface area contributed by atoms with Gasteiger partial charge in [-0.2, -0.15) is 0 Å². The molecule has 4 heteroatoms. The average molecular weight is 256 g/mol. The van der Waals surface area contributed by atoms with Crippen molar-refractivity contribution in [3.8, 4) is 0 Å². The third kappa shape index (κ3) is 4.48. The quantitative estimate of drug-likeness (QED) is 0.766. The smallest absolute Gasteiger partial charge is 0.317 e. The molecule has 18 heavy (non-hydrogen) atoms. The van der Waals surface area contributed by atoms with Gasteiger partial charge >= 0.3 is 6.03 Å². The summed E-state index contributed by atoms with van der Waals surface area (Å²) < 4.78 is 0. The third-order valence-corrected chi connectivity index (χ3v) is 4.05. The van der Waals surface area contributed by atoms with Gasteiger partial charge < -0.3 is 15.3 Å². The Balaban J connectivity index is 2.42. The third-order valence-electron chi connectivity index (χ3n) is 4.05. The highest BCUT2D eigenvalue weighted by atomic mass is 16.3. The summed E-state index contributed by atoms with van der Waals surface area (Å²) in [5.41, 5.74) is 0. The molecule has 1 saturated heterocycles. The van der Waals surface area contributed by atoms with Crippen LogP contribution in [0.1, 0.15) is 52.4 Å². The van der Waals surface area contributed by atoms with Crippen LogP contribution in [0.25, 0.3) is 0 Å². The Morgan fingerprint density at radius 2 is 2.11 bits per heavy atom. The highest BCUT2D eigenvalue weighted by Crippen LogP contribution is 2.19. The summed E-state index contributed by atoms with van der Waals surface area (Å²) in [6.45, 7) is 6.10. The van der Waals surface area contributed by atoms with E-state index in [0.29, 0.717) is 12.3 Å². The van der Waals surface area contributed by atoms with Gasteiger partial charge in [-0.3, -0.25) is 0 Å². The number of likely N-dealkylation sites (tertiary alicyclic amines) is 1. The van der Waals surface area contributed by atoms with Gasteiger partial charge in [-0.25, -0.2) is 4.79 Å². The molecule has 2 N–H and O–H groups in total. The first kappa shape index (κ1) is 15.3. The van der Waals surface area contributed by atoms with Gasteiger partial charge in [0, 0.05) is 25.7 Å². The molecule has 0 spiro atoms. The molecule has 1 atom stereocenters. The minimum atomic E-state index is 0.0556. The number of nitrogens with zero attached hydrogens (tertiary/aromatic N) is 1.